The van der Waals surface area contributed by atoms with Crippen LogP contribution >= 0.6 is 0 Å². The van der Waals surface area contributed by atoms with Gasteiger partial charge in [0, 0.05) is 26.1 Å². The maximum absolute atomic E-state index is 13.2. The standard InChI is InChI=1S/C19H29N5O3/c20-10-8-16(25)24-12-4-7-15(24)17(26)19(22,9-11-21)18(27)23-13-14-5-2-1-3-6-14/h1-3,5-6,15H,4,7-13,20-22H2,(H,23,27)/t15-,19?/m0/s1. The van der Waals surface area contributed by atoms with E-state index in [9.17, 15) is 14.4 Å². The summed E-state index contributed by atoms with van der Waals surface area (Å²) >= 11 is 0. The fourth-order valence-electron chi connectivity index (χ4n) is 3.41. The maximum atomic E-state index is 13.2. The van der Waals surface area contributed by atoms with Gasteiger partial charge in [-0.25, -0.2) is 0 Å². The van der Waals surface area contributed by atoms with Gasteiger partial charge in [0.1, 0.15) is 0 Å². The number of hydrogen-bond donors (Lipinski definition) is 4. The normalized spacial score (nSPS) is 18.8. The Hall–Kier alpha value is -2.29. The number of rotatable bonds is 9. The van der Waals surface area contributed by atoms with E-state index >= 15 is 0 Å². The second-order valence-electron chi connectivity index (χ2n) is 6.83. The minimum Gasteiger partial charge on any atom is -0.350 e. The van der Waals surface area contributed by atoms with Crippen LogP contribution in [0.1, 0.15) is 31.2 Å². The van der Waals surface area contributed by atoms with Crippen LogP contribution in [0, 0.1) is 0 Å². The summed E-state index contributed by atoms with van der Waals surface area (Å²) in [6, 6.07) is 8.64. The predicted molar refractivity (Wildman–Crippen MR) is 102 cm³/mol. The molecule has 0 aromatic heterocycles. The Bertz CT molecular complexity index is 667. The molecule has 1 fully saturated rings. The summed E-state index contributed by atoms with van der Waals surface area (Å²) in [5, 5.41) is 2.73. The summed E-state index contributed by atoms with van der Waals surface area (Å²) in [7, 11) is 0. The van der Waals surface area contributed by atoms with Crippen LogP contribution in [-0.2, 0) is 20.9 Å². The van der Waals surface area contributed by atoms with Crippen LogP contribution in [0.3, 0.4) is 0 Å². The van der Waals surface area contributed by atoms with E-state index < -0.39 is 23.3 Å². The molecule has 148 valence electrons. The lowest BCUT2D eigenvalue weighted by molar-refractivity contribution is -0.144. The highest BCUT2D eigenvalue weighted by Crippen LogP contribution is 2.24. The van der Waals surface area contributed by atoms with Gasteiger partial charge >= 0.3 is 0 Å². The minimum atomic E-state index is -1.76. The van der Waals surface area contributed by atoms with Crippen molar-refractivity contribution in [1.82, 2.24) is 10.2 Å². The third-order valence-corrected chi connectivity index (χ3v) is 4.91. The van der Waals surface area contributed by atoms with Crippen LogP contribution < -0.4 is 22.5 Å². The van der Waals surface area contributed by atoms with Gasteiger partial charge in [0.05, 0.1) is 6.04 Å². The number of hydrogen-bond acceptors (Lipinski definition) is 6. The number of nitrogens with zero attached hydrogens (tertiary/aromatic N) is 1. The van der Waals surface area contributed by atoms with Crippen molar-refractivity contribution < 1.29 is 14.4 Å². The second kappa shape index (κ2) is 9.59. The third-order valence-electron chi connectivity index (χ3n) is 4.91. The van der Waals surface area contributed by atoms with Gasteiger partial charge in [0.15, 0.2) is 11.3 Å². The average Bonchev–Trinajstić information content (AvgIpc) is 3.16. The van der Waals surface area contributed by atoms with Crippen molar-refractivity contribution in [2.24, 2.45) is 17.2 Å². The summed E-state index contributed by atoms with van der Waals surface area (Å²) in [5.41, 5.74) is 16.5. The van der Waals surface area contributed by atoms with Gasteiger partial charge < -0.3 is 27.4 Å². The molecule has 1 aliphatic heterocycles. The number of benzene rings is 1. The molecule has 0 bridgehead atoms. The number of likely N-dealkylation sites (tertiary alicyclic amines) is 1. The van der Waals surface area contributed by atoms with Crippen molar-refractivity contribution in [3.8, 4) is 0 Å². The van der Waals surface area contributed by atoms with E-state index in [1.54, 1.807) is 0 Å². The Morgan fingerprint density at radius 1 is 1.15 bits per heavy atom. The van der Waals surface area contributed by atoms with Crippen LogP contribution in [0.15, 0.2) is 30.3 Å². The smallest absolute Gasteiger partial charge is 0.248 e. The topological polar surface area (TPSA) is 145 Å². The number of Topliss-reactive ketones (excluding diaryl/α,β-unsaturated/α-hetero) is 1. The highest BCUT2D eigenvalue weighted by Gasteiger charge is 2.48. The number of nitrogens with two attached hydrogens (primary N) is 3. The number of ketones is 1. The lowest BCUT2D eigenvalue weighted by atomic mass is 9.85. The van der Waals surface area contributed by atoms with E-state index in [-0.39, 0.29) is 38.4 Å². The van der Waals surface area contributed by atoms with E-state index in [0.717, 1.165) is 5.56 Å². The third kappa shape index (κ3) is 4.91. The molecule has 8 nitrogen and oxygen atoms in total. The Labute approximate surface area is 159 Å². The average molecular weight is 375 g/mol. The van der Waals surface area contributed by atoms with Crippen LogP contribution in [0.2, 0.25) is 0 Å². The predicted octanol–water partition coefficient (Wildman–Crippen LogP) is -0.742. The first-order valence-electron chi connectivity index (χ1n) is 9.29. The molecular formula is C19H29N5O3. The van der Waals surface area contributed by atoms with E-state index in [2.05, 4.69) is 5.32 Å². The molecular weight excluding hydrogens is 346 g/mol. The quantitative estimate of drug-likeness (QED) is 0.418. The minimum absolute atomic E-state index is 0.0157. The first-order valence-corrected chi connectivity index (χ1v) is 9.29. The van der Waals surface area contributed by atoms with Crippen molar-refractivity contribution in [3.05, 3.63) is 35.9 Å². The van der Waals surface area contributed by atoms with Crippen molar-refractivity contribution >= 4 is 17.6 Å². The van der Waals surface area contributed by atoms with Gasteiger partial charge in [-0.2, -0.15) is 0 Å². The van der Waals surface area contributed by atoms with Gasteiger partial charge in [-0.1, -0.05) is 30.3 Å². The molecule has 2 amide bonds. The van der Waals surface area contributed by atoms with Gasteiger partial charge in [-0.05, 0) is 31.4 Å². The molecule has 2 atom stereocenters. The zero-order chi connectivity index (χ0) is 19.9. The SMILES string of the molecule is NCCC(=O)N1CCC[C@H]1C(=O)C(N)(CCN)C(=O)NCc1ccccc1. The fourth-order valence-corrected chi connectivity index (χ4v) is 3.41. The molecule has 8 heteroatoms. The van der Waals surface area contributed by atoms with E-state index in [0.29, 0.717) is 19.4 Å². The first-order chi connectivity index (χ1) is 12.9. The second-order valence-corrected chi connectivity index (χ2v) is 6.83. The molecule has 2 rings (SSSR count). The Kier molecular flexibility index (Phi) is 7.46. The molecule has 1 unspecified atom stereocenters. The molecule has 0 radical (unpaired) electrons. The van der Waals surface area contributed by atoms with Crippen LogP contribution in [0.25, 0.3) is 0 Å². The van der Waals surface area contributed by atoms with Crippen LogP contribution in [-0.4, -0.2) is 53.7 Å². The molecule has 1 saturated heterocycles. The van der Waals surface area contributed by atoms with Crippen molar-refractivity contribution in [3.63, 3.8) is 0 Å². The van der Waals surface area contributed by atoms with Crippen molar-refractivity contribution in [2.75, 3.05) is 19.6 Å². The van der Waals surface area contributed by atoms with E-state index in [1.807, 2.05) is 30.3 Å². The zero-order valence-corrected chi connectivity index (χ0v) is 15.5. The Balaban J connectivity index is 2.13. The van der Waals surface area contributed by atoms with E-state index in [4.69, 9.17) is 17.2 Å². The number of amides is 2. The zero-order valence-electron chi connectivity index (χ0n) is 15.5. The summed E-state index contributed by atoms with van der Waals surface area (Å²) in [5.74, 6) is -1.21. The monoisotopic (exact) mass is 375 g/mol. The van der Waals surface area contributed by atoms with Gasteiger partial charge in [-0.3, -0.25) is 14.4 Å². The molecule has 1 aromatic carbocycles. The van der Waals surface area contributed by atoms with Gasteiger partial charge in [0.25, 0.3) is 0 Å². The fraction of sp³-hybridized carbons (Fsp3) is 0.526. The van der Waals surface area contributed by atoms with Crippen LogP contribution in [0.5, 0.6) is 0 Å². The summed E-state index contributed by atoms with van der Waals surface area (Å²) in [4.78, 5) is 39.7. The van der Waals surface area contributed by atoms with Gasteiger partial charge in [-0.15, -0.1) is 0 Å². The summed E-state index contributed by atoms with van der Waals surface area (Å²) in [6.07, 6.45) is 1.36. The van der Waals surface area contributed by atoms with Gasteiger partial charge in [0.2, 0.25) is 11.8 Å². The Morgan fingerprint density at radius 3 is 2.48 bits per heavy atom. The number of carbonyl (C=O) groups excluding carboxylic acids is 3. The van der Waals surface area contributed by atoms with Crippen molar-refractivity contribution in [1.29, 1.82) is 0 Å². The highest BCUT2D eigenvalue weighted by atomic mass is 16.2. The van der Waals surface area contributed by atoms with Crippen molar-refractivity contribution in [2.45, 2.75) is 43.8 Å². The molecule has 1 aliphatic rings. The molecule has 1 heterocycles. The maximum Gasteiger partial charge on any atom is 0.248 e. The Morgan fingerprint density at radius 2 is 1.85 bits per heavy atom. The number of nitrogens with one attached hydrogen (secondary N) is 1. The largest absolute Gasteiger partial charge is 0.350 e. The van der Waals surface area contributed by atoms with Crippen LogP contribution in [0.4, 0.5) is 0 Å². The molecule has 0 spiro atoms. The number of carbonyl (C=O) groups is 3. The highest BCUT2D eigenvalue weighted by molar-refractivity contribution is 6.13. The molecule has 0 saturated carbocycles. The lowest BCUT2D eigenvalue weighted by Crippen LogP contribution is -2.64. The molecule has 27 heavy (non-hydrogen) atoms. The first kappa shape index (κ1) is 21.0. The summed E-state index contributed by atoms with van der Waals surface area (Å²) in [6.45, 7) is 1.03. The van der Waals surface area contributed by atoms with E-state index in [1.165, 1.54) is 4.90 Å². The summed E-state index contributed by atoms with van der Waals surface area (Å²) < 4.78 is 0. The lowest BCUT2D eigenvalue weighted by Gasteiger charge is -2.32. The molecule has 1 aromatic rings. The molecule has 7 N–H and O–H groups in total. The molecule has 0 aliphatic carbocycles.